The van der Waals surface area contributed by atoms with E-state index in [4.69, 9.17) is 5.73 Å². The Hall–Kier alpha value is -0.520. The van der Waals surface area contributed by atoms with Crippen LogP contribution in [0.1, 0.15) is 12.0 Å². The molecular formula is C14H19ClN2OS2. The maximum Gasteiger partial charge on any atom is 0.240 e. The molecule has 3 rings (SSSR count). The first kappa shape index (κ1) is 15.9. The van der Waals surface area contributed by atoms with E-state index in [-0.39, 0.29) is 23.6 Å². The lowest BCUT2D eigenvalue weighted by Crippen LogP contribution is -2.43. The number of carbonyl (C=O) groups excluding carboxylic acids is 1. The van der Waals surface area contributed by atoms with Crippen molar-refractivity contribution in [3.8, 4) is 0 Å². The average Bonchev–Trinajstić information content (AvgIpc) is 2.47. The Morgan fingerprint density at radius 1 is 1.35 bits per heavy atom. The van der Waals surface area contributed by atoms with E-state index in [9.17, 15) is 4.79 Å². The fourth-order valence-electron chi connectivity index (χ4n) is 2.68. The van der Waals surface area contributed by atoms with E-state index in [0.29, 0.717) is 0 Å². The molecular weight excluding hydrogens is 312 g/mol. The van der Waals surface area contributed by atoms with Crippen molar-refractivity contribution in [2.24, 2.45) is 0 Å². The zero-order valence-corrected chi connectivity index (χ0v) is 13.7. The molecule has 1 unspecified atom stereocenters. The third-order valence-corrected chi connectivity index (χ3v) is 6.39. The van der Waals surface area contributed by atoms with Gasteiger partial charge in [-0.05, 0) is 30.5 Å². The highest BCUT2D eigenvalue weighted by molar-refractivity contribution is 8.07. The predicted molar refractivity (Wildman–Crippen MR) is 92.3 cm³/mol. The number of benzene rings is 1. The number of hydrogen-bond acceptors (Lipinski definition) is 4. The van der Waals surface area contributed by atoms with Crippen LogP contribution in [-0.2, 0) is 11.2 Å². The summed E-state index contributed by atoms with van der Waals surface area (Å²) in [5, 5.41) is 0.117. The topological polar surface area (TPSA) is 46.3 Å². The van der Waals surface area contributed by atoms with E-state index in [1.807, 2.05) is 34.9 Å². The smallest absolute Gasteiger partial charge is 0.240 e. The van der Waals surface area contributed by atoms with Crippen LogP contribution in [-0.4, -0.2) is 35.0 Å². The lowest BCUT2D eigenvalue weighted by molar-refractivity contribution is -0.117. The molecule has 2 aliphatic heterocycles. The molecule has 1 atom stereocenters. The summed E-state index contributed by atoms with van der Waals surface area (Å²) in [6, 6.07) is 5.91. The molecule has 0 bridgehead atoms. The second-order valence-electron chi connectivity index (χ2n) is 4.87. The number of halogens is 1. The van der Waals surface area contributed by atoms with E-state index < -0.39 is 0 Å². The highest BCUT2D eigenvalue weighted by Gasteiger charge is 2.30. The van der Waals surface area contributed by atoms with Gasteiger partial charge in [0, 0.05) is 35.2 Å². The summed E-state index contributed by atoms with van der Waals surface area (Å²) in [5.41, 5.74) is 9.04. The third-order valence-electron chi connectivity index (χ3n) is 3.64. The maximum absolute atomic E-state index is 12.7. The van der Waals surface area contributed by atoms with Gasteiger partial charge in [-0.25, -0.2) is 0 Å². The standard InChI is InChI=1S/C14H18N2OS2.ClH/c15-11-4-1-5-12-10(11)3-2-6-16(12)14(17)13-9-18-7-8-19-13;/h1,4-5,13H,2-3,6-9,15H2;1H. The molecule has 0 radical (unpaired) electrons. The average molecular weight is 331 g/mol. The van der Waals surface area contributed by atoms with E-state index in [1.54, 1.807) is 11.8 Å². The van der Waals surface area contributed by atoms with Crippen LogP contribution in [0, 0.1) is 0 Å². The molecule has 110 valence electrons. The first-order chi connectivity index (χ1) is 9.27. The molecule has 0 aliphatic carbocycles. The molecule has 0 aromatic heterocycles. The number of carbonyl (C=O) groups is 1. The summed E-state index contributed by atoms with van der Waals surface area (Å²) in [7, 11) is 0. The van der Waals surface area contributed by atoms with Gasteiger partial charge in [0.05, 0.1) is 5.25 Å². The van der Waals surface area contributed by atoms with Crippen LogP contribution in [0.15, 0.2) is 18.2 Å². The second-order valence-corrected chi connectivity index (χ2v) is 7.33. The highest BCUT2D eigenvalue weighted by atomic mass is 35.5. The third kappa shape index (κ3) is 3.05. The summed E-state index contributed by atoms with van der Waals surface area (Å²) in [5.74, 6) is 3.46. The Balaban J connectivity index is 0.00000147. The molecule has 2 aliphatic rings. The van der Waals surface area contributed by atoms with Crippen molar-refractivity contribution in [1.82, 2.24) is 0 Å². The van der Waals surface area contributed by atoms with Gasteiger partial charge in [-0.1, -0.05) is 6.07 Å². The van der Waals surface area contributed by atoms with Crippen LogP contribution >= 0.6 is 35.9 Å². The van der Waals surface area contributed by atoms with Crippen LogP contribution in [0.2, 0.25) is 0 Å². The molecule has 0 saturated carbocycles. The zero-order valence-electron chi connectivity index (χ0n) is 11.2. The summed E-state index contributed by atoms with van der Waals surface area (Å²) in [6.45, 7) is 0.830. The van der Waals surface area contributed by atoms with Crippen LogP contribution < -0.4 is 10.6 Å². The van der Waals surface area contributed by atoms with Crippen molar-refractivity contribution >= 4 is 53.2 Å². The highest BCUT2D eigenvalue weighted by Crippen LogP contribution is 2.34. The number of nitrogens with two attached hydrogens (primary N) is 1. The number of nitrogen functional groups attached to an aromatic ring is 1. The van der Waals surface area contributed by atoms with Crippen LogP contribution in [0.25, 0.3) is 0 Å². The van der Waals surface area contributed by atoms with Gasteiger partial charge in [0.1, 0.15) is 0 Å². The minimum atomic E-state index is 0. The molecule has 1 aromatic rings. The molecule has 3 nitrogen and oxygen atoms in total. The Morgan fingerprint density at radius 2 is 2.20 bits per heavy atom. The van der Waals surface area contributed by atoms with Crippen molar-refractivity contribution in [2.75, 3.05) is 34.4 Å². The van der Waals surface area contributed by atoms with Gasteiger partial charge in [-0.2, -0.15) is 11.8 Å². The Kier molecular flexibility index (Phi) is 5.52. The molecule has 1 aromatic carbocycles. The van der Waals surface area contributed by atoms with Crippen LogP contribution in [0.4, 0.5) is 11.4 Å². The number of anilines is 2. The SMILES string of the molecule is Cl.Nc1cccc2c1CCCN2C(=O)C1CSCCS1. The molecule has 20 heavy (non-hydrogen) atoms. The summed E-state index contributed by atoms with van der Waals surface area (Å²) in [4.78, 5) is 14.6. The van der Waals surface area contributed by atoms with E-state index in [0.717, 1.165) is 53.6 Å². The van der Waals surface area contributed by atoms with Gasteiger partial charge in [-0.15, -0.1) is 24.2 Å². The number of nitrogens with zero attached hydrogens (tertiary/aromatic N) is 1. The molecule has 2 heterocycles. The quantitative estimate of drug-likeness (QED) is 0.804. The minimum Gasteiger partial charge on any atom is -0.398 e. The largest absolute Gasteiger partial charge is 0.398 e. The molecule has 1 amide bonds. The summed E-state index contributed by atoms with van der Waals surface area (Å²) in [6.07, 6.45) is 2.00. The zero-order chi connectivity index (χ0) is 13.2. The number of amides is 1. The van der Waals surface area contributed by atoms with Gasteiger partial charge in [0.15, 0.2) is 0 Å². The van der Waals surface area contributed by atoms with Crippen molar-refractivity contribution in [3.63, 3.8) is 0 Å². The molecule has 1 saturated heterocycles. The number of rotatable bonds is 1. The van der Waals surface area contributed by atoms with Gasteiger partial charge in [0.2, 0.25) is 5.91 Å². The van der Waals surface area contributed by atoms with Gasteiger partial charge < -0.3 is 10.6 Å². The van der Waals surface area contributed by atoms with Crippen molar-refractivity contribution in [3.05, 3.63) is 23.8 Å². The number of fused-ring (bicyclic) bond motifs is 1. The second kappa shape index (κ2) is 6.96. The molecule has 1 fully saturated rings. The first-order valence-corrected chi connectivity index (χ1v) is 8.86. The lowest BCUT2D eigenvalue weighted by atomic mass is 9.99. The number of hydrogen-bond donors (Lipinski definition) is 1. The van der Waals surface area contributed by atoms with Gasteiger partial charge in [0.25, 0.3) is 0 Å². The normalized spacial score (nSPS) is 21.8. The lowest BCUT2D eigenvalue weighted by Gasteiger charge is -2.33. The van der Waals surface area contributed by atoms with Crippen molar-refractivity contribution < 1.29 is 4.79 Å². The Bertz CT molecular complexity index is 492. The molecule has 0 spiro atoms. The van der Waals surface area contributed by atoms with Crippen molar-refractivity contribution in [1.29, 1.82) is 0 Å². The first-order valence-electron chi connectivity index (χ1n) is 6.65. The van der Waals surface area contributed by atoms with E-state index in [1.165, 1.54) is 0 Å². The van der Waals surface area contributed by atoms with Crippen LogP contribution in [0.5, 0.6) is 0 Å². The fourth-order valence-corrected chi connectivity index (χ4v) is 5.29. The molecule has 6 heteroatoms. The van der Waals surface area contributed by atoms with Gasteiger partial charge in [-0.3, -0.25) is 4.79 Å². The fraction of sp³-hybridized carbons (Fsp3) is 0.500. The van der Waals surface area contributed by atoms with Gasteiger partial charge >= 0.3 is 0 Å². The summed E-state index contributed by atoms with van der Waals surface area (Å²) < 4.78 is 0. The maximum atomic E-state index is 12.7. The van der Waals surface area contributed by atoms with Crippen molar-refractivity contribution in [2.45, 2.75) is 18.1 Å². The molecule has 2 N–H and O–H groups in total. The van der Waals surface area contributed by atoms with E-state index >= 15 is 0 Å². The summed E-state index contributed by atoms with van der Waals surface area (Å²) >= 11 is 3.69. The van der Waals surface area contributed by atoms with Crippen LogP contribution in [0.3, 0.4) is 0 Å². The minimum absolute atomic E-state index is 0. The predicted octanol–water partition coefficient (Wildman–Crippen LogP) is 2.82. The van der Waals surface area contributed by atoms with E-state index in [2.05, 4.69) is 0 Å². The Labute approximate surface area is 134 Å². The Morgan fingerprint density at radius 3 is 2.95 bits per heavy atom. The monoisotopic (exact) mass is 330 g/mol. The number of thioether (sulfide) groups is 2.